The second-order valence-corrected chi connectivity index (χ2v) is 9.52. The summed E-state index contributed by atoms with van der Waals surface area (Å²) in [5.41, 5.74) is 4.59. The highest BCUT2D eigenvalue weighted by Crippen LogP contribution is 2.27. The highest BCUT2D eigenvalue weighted by Gasteiger charge is 2.29. The minimum absolute atomic E-state index is 0.0373. The third kappa shape index (κ3) is 5.69. The van der Waals surface area contributed by atoms with E-state index in [0.717, 1.165) is 31.5 Å². The Morgan fingerprint density at radius 2 is 1.79 bits per heavy atom. The minimum atomic E-state index is 0.0373. The highest BCUT2D eigenvalue weighted by molar-refractivity contribution is 5.79. The molecule has 1 aromatic heterocycles. The van der Waals surface area contributed by atoms with Gasteiger partial charge in [-0.2, -0.15) is 4.98 Å². The molecular weight excluding hydrogens is 412 g/mol. The zero-order chi connectivity index (χ0) is 23.4. The summed E-state index contributed by atoms with van der Waals surface area (Å²) in [5, 5.41) is 7.47. The quantitative estimate of drug-likeness (QED) is 0.548. The fraction of sp³-hybridized carbons (Fsp3) is 0.444. The predicted molar refractivity (Wildman–Crippen MR) is 129 cm³/mol. The van der Waals surface area contributed by atoms with E-state index in [1.807, 2.05) is 36.4 Å². The molecule has 0 spiro atoms. The summed E-state index contributed by atoms with van der Waals surface area (Å²) in [6.07, 6.45) is 1.67. The molecule has 2 heterocycles. The molecule has 1 aliphatic heterocycles. The average Bonchev–Trinajstić information content (AvgIpc) is 3.27. The second-order valence-electron chi connectivity index (χ2n) is 9.52. The molecular formula is C27H34N4O2. The molecule has 1 N–H and O–H groups in total. The molecule has 1 fully saturated rings. The number of rotatable bonds is 7. The molecule has 2 aromatic carbocycles. The first kappa shape index (κ1) is 23.2. The number of carbonyl (C=O) groups is 1. The number of likely N-dealkylation sites (tertiary alicyclic amines) is 1. The molecule has 1 saturated heterocycles. The Balaban J connectivity index is 1.31. The molecule has 1 aliphatic rings. The van der Waals surface area contributed by atoms with Gasteiger partial charge >= 0.3 is 0 Å². The zero-order valence-electron chi connectivity index (χ0n) is 20.0. The van der Waals surface area contributed by atoms with E-state index in [1.54, 1.807) is 0 Å². The van der Waals surface area contributed by atoms with Gasteiger partial charge in [0.05, 0.1) is 12.6 Å². The standard InChI is InChI=1S/C27H34N4O2/c1-18(2)25(23-8-6-5-7-20(23)4)29-27(32)22-13-15-31(16-14-22)17-24-28-26(30-33-24)21-11-9-19(3)10-12-21/h5-12,18,22,25H,13-17H2,1-4H3,(H,29,32). The summed E-state index contributed by atoms with van der Waals surface area (Å²) >= 11 is 0. The van der Waals surface area contributed by atoms with Gasteiger partial charge in [-0.1, -0.05) is 73.1 Å². The topological polar surface area (TPSA) is 71.3 Å². The molecule has 1 unspecified atom stereocenters. The van der Waals surface area contributed by atoms with Crippen molar-refractivity contribution in [1.29, 1.82) is 0 Å². The third-order valence-corrected chi connectivity index (χ3v) is 6.58. The van der Waals surface area contributed by atoms with Gasteiger partial charge in [-0.15, -0.1) is 0 Å². The lowest BCUT2D eigenvalue weighted by molar-refractivity contribution is -0.127. The van der Waals surface area contributed by atoms with E-state index in [4.69, 9.17) is 4.52 Å². The Bertz CT molecular complexity index is 1070. The number of amides is 1. The Labute approximate surface area is 196 Å². The maximum atomic E-state index is 13.1. The first-order valence-electron chi connectivity index (χ1n) is 11.9. The lowest BCUT2D eigenvalue weighted by atomic mass is 9.90. The molecule has 0 radical (unpaired) electrons. The molecule has 1 atom stereocenters. The van der Waals surface area contributed by atoms with Crippen LogP contribution in [0.5, 0.6) is 0 Å². The van der Waals surface area contributed by atoms with Crippen molar-refractivity contribution in [3.05, 3.63) is 71.1 Å². The van der Waals surface area contributed by atoms with Crippen LogP contribution in [0.15, 0.2) is 53.1 Å². The van der Waals surface area contributed by atoms with Crippen molar-refractivity contribution in [3.63, 3.8) is 0 Å². The number of aromatic nitrogens is 2. The van der Waals surface area contributed by atoms with Gasteiger partial charge in [0.15, 0.2) is 0 Å². The van der Waals surface area contributed by atoms with Crippen molar-refractivity contribution in [2.24, 2.45) is 11.8 Å². The van der Waals surface area contributed by atoms with Crippen LogP contribution in [-0.2, 0) is 11.3 Å². The Kier molecular flexibility index (Phi) is 7.23. The smallest absolute Gasteiger partial charge is 0.241 e. The van der Waals surface area contributed by atoms with E-state index in [0.29, 0.717) is 24.2 Å². The van der Waals surface area contributed by atoms with Crippen molar-refractivity contribution in [1.82, 2.24) is 20.4 Å². The second kappa shape index (κ2) is 10.3. The van der Waals surface area contributed by atoms with E-state index in [2.05, 4.69) is 60.2 Å². The molecule has 1 amide bonds. The number of hydrogen-bond donors (Lipinski definition) is 1. The van der Waals surface area contributed by atoms with Gasteiger partial charge in [-0.25, -0.2) is 0 Å². The lowest BCUT2D eigenvalue weighted by Gasteiger charge is -2.32. The van der Waals surface area contributed by atoms with Crippen LogP contribution in [-0.4, -0.2) is 34.0 Å². The Morgan fingerprint density at radius 3 is 2.45 bits per heavy atom. The van der Waals surface area contributed by atoms with Crippen molar-refractivity contribution in [2.45, 2.75) is 53.1 Å². The van der Waals surface area contributed by atoms with Crippen LogP contribution in [0.1, 0.15) is 55.3 Å². The van der Waals surface area contributed by atoms with Crippen molar-refractivity contribution >= 4 is 5.91 Å². The first-order chi connectivity index (χ1) is 15.9. The lowest BCUT2D eigenvalue weighted by Crippen LogP contribution is -2.42. The van der Waals surface area contributed by atoms with Gasteiger partial charge in [-0.05, 0) is 56.8 Å². The van der Waals surface area contributed by atoms with Crippen LogP contribution < -0.4 is 5.32 Å². The molecule has 0 aliphatic carbocycles. The molecule has 4 rings (SSSR count). The van der Waals surface area contributed by atoms with Gasteiger partial charge in [0.25, 0.3) is 0 Å². The summed E-state index contributed by atoms with van der Waals surface area (Å²) in [6.45, 7) is 10.8. The summed E-state index contributed by atoms with van der Waals surface area (Å²) in [7, 11) is 0. The number of nitrogens with one attached hydrogen (secondary N) is 1. The van der Waals surface area contributed by atoms with Gasteiger partial charge in [0.1, 0.15) is 0 Å². The largest absolute Gasteiger partial charge is 0.349 e. The molecule has 6 nitrogen and oxygen atoms in total. The van der Waals surface area contributed by atoms with Gasteiger partial charge in [0.2, 0.25) is 17.6 Å². The van der Waals surface area contributed by atoms with Crippen molar-refractivity contribution in [2.75, 3.05) is 13.1 Å². The maximum absolute atomic E-state index is 13.1. The van der Waals surface area contributed by atoms with Crippen LogP contribution in [0.25, 0.3) is 11.4 Å². The van der Waals surface area contributed by atoms with Crippen molar-refractivity contribution < 1.29 is 9.32 Å². The maximum Gasteiger partial charge on any atom is 0.241 e. The van der Waals surface area contributed by atoms with Crippen LogP contribution in [0.4, 0.5) is 0 Å². The summed E-state index contributed by atoms with van der Waals surface area (Å²) in [4.78, 5) is 19.9. The minimum Gasteiger partial charge on any atom is -0.349 e. The van der Waals surface area contributed by atoms with Crippen molar-refractivity contribution in [3.8, 4) is 11.4 Å². The highest BCUT2D eigenvalue weighted by atomic mass is 16.5. The van der Waals surface area contributed by atoms with E-state index >= 15 is 0 Å². The van der Waals surface area contributed by atoms with Gasteiger partial charge in [-0.3, -0.25) is 9.69 Å². The fourth-order valence-corrected chi connectivity index (χ4v) is 4.49. The van der Waals surface area contributed by atoms with E-state index in [1.165, 1.54) is 16.7 Å². The number of hydrogen-bond acceptors (Lipinski definition) is 5. The monoisotopic (exact) mass is 446 g/mol. The number of benzene rings is 2. The number of carbonyl (C=O) groups excluding carboxylic acids is 1. The molecule has 0 bridgehead atoms. The third-order valence-electron chi connectivity index (χ3n) is 6.58. The summed E-state index contributed by atoms with van der Waals surface area (Å²) in [5.74, 6) is 1.77. The van der Waals surface area contributed by atoms with Crippen LogP contribution in [0, 0.1) is 25.7 Å². The SMILES string of the molecule is Cc1ccc(-c2noc(CN3CCC(C(=O)NC(c4ccccc4C)C(C)C)CC3)n2)cc1. The first-order valence-corrected chi connectivity index (χ1v) is 11.9. The molecule has 33 heavy (non-hydrogen) atoms. The van der Waals surface area contributed by atoms with E-state index in [-0.39, 0.29) is 17.9 Å². The number of aryl methyl sites for hydroxylation is 2. The average molecular weight is 447 g/mol. The zero-order valence-corrected chi connectivity index (χ0v) is 20.0. The normalized spacial score (nSPS) is 16.2. The number of piperidine rings is 1. The van der Waals surface area contributed by atoms with E-state index in [9.17, 15) is 4.79 Å². The Hall–Kier alpha value is -2.99. The molecule has 0 saturated carbocycles. The molecule has 174 valence electrons. The Morgan fingerprint density at radius 1 is 1.09 bits per heavy atom. The molecule has 3 aromatic rings. The summed E-state index contributed by atoms with van der Waals surface area (Å²) in [6, 6.07) is 16.5. The van der Waals surface area contributed by atoms with Gasteiger partial charge in [0, 0.05) is 11.5 Å². The van der Waals surface area contributed by atoms with Crippen LogP contribution in [0.3, 0.4) is 0 Å². The van der Waals surface area contributed by atoms with Crippen LogP contribution >= 0.6 is 0 Å². The summed E-state index contributed by atoms with van der Waals surface area (Å²) < 4.78 is 5.48. The molecule has 6 heteroatoms. The number of nitrogens with zero attached hydrogens (tertiary/aromatic N) is 3. The fourth-order valence-electron chi connectivity index (χ4n) is 4.49. The predicted octanol–water partition coefficient (Wildman–Crippen LogP) is 5.08. The van der Waals surface area contributed by atoms with Crippen LogP contribution in [0.2, 0.25) is 0 Å². The van der Waals surface area contributed by atoms with E-state index < -0.39 is 0 Å². The van der Waals surface area contributed by atoms with Gasteiger partial charge < -0.3 is 9.84 Å².